The molecule has 0 spiro atoms. The second-order valence-corrected chi connectivity index (χ2v) is 6.86. The molecule has 130 valence electrons. The van der Waals surface area contributed by atoms with Crippen molar-refractivity contribution >= 4 is 17.2 Å². The van der Waals surface area contributed by atoms with Gasteiger partial charge in [-0.05, 0) is 23.9 Å². The first-order valence-corrected chi connectivity index (χ1v) is 9.04. The highest BCUT2D eigenvalue weighted by Crippen LogP contribution is 2.26. The number of rotatable bonds is 8. The van der Waals surface area contributed by atoms with Crippen LogP contribution in [0.4, 0.5) is 0 Å². The van der Waals surface area contributed by atoms with Crippen LogP contribution in [0.1, 0.15) is 23.4 Å². The molecule has 0 atom stereocenters. The fourth-order valence-electron chi connectivity index (χ4n) is 2.62. The van der Waals surface area contributed by atoms with Crippen molar-refractivity contribution in [1.82, 2.24) is 9.88 Å². The standard InChI is InChI=1S/C19H21N3O2S/c1-14-16(21-19(24-14)17-8-5-11-25-17)13-22(10-9-18(20)23)12-15-6-3-2-4-7-15/h2-8,11H,9-10,12-13H2,1H3,(H2,20,23). The Morgan fingerprint density at radius 3 is 2.68 bits per heavy atom. The molecule has 2 aromatic heterocycles. The van der Waals surface area contributed by atoms with E-state index in [4.69, 9.17) is 10.2 Å². The SMILES string of the molecule is Cc1oc(-c2cccs2)nc1CN(CCC(N)=O)Cc1ccccc1. The minimum atomic E-state index is -0.297. The molecule has 0 radical (unpaired) electrons. The zero-order chi connectivity index (χ0) is 17.6. The highest BCUT2D eigenvalue weighted by atomic mass is 32.1. The van der Waals surface area contributed by atoms with E-state index in [9.17, 15) is 4.79 Å². The molecular formula is C19H21N3O2S. The van der Waals surface area contributed by atoms with E-state index >= 15 is 0 Å². The third-order valence-corrected chi connectivity index (χ3v) is 4.78. The molecular weight excluding hydrogens is 334 g/mol. The molecule has 25 heavy (non-hydrogen) atoms. The summed E-state index contributed by atoms with van der Waals surface area (Å²) >= 11 is 1.60. The van der Waals surface area contributed by atoms with Crippen LogP contribution < -0.4 is 5.73 Å². The maximum Gasteiger partial charge on any atom is 0.236 e. The maximum absolute atomic E-state index is 11.2. The number of benzene rings is 1. The Labute approximate surface area is 151 Å². The van der Waals surface area contributed by atoms with Crippen LogP contribution in [-0.4, -0.2) is 22.3 Å². The Bertz CT molecular complexity index is 813. The van der Waals surface area contributed by atoms with Crippen LogP contribution in [0.3, 0.4) is 0 Å². The van der Waals surface area contributed by atoms with Gasteiger partial charge in [0.05, 0.1) is 10.6 Å². The Hall–Kier alpha value is -2.44. The number of aromatic nitrogens is 1. The molecule has 1 amide bonds. The summed E-state index contributed by atoms with van der Waals surface area (Å²) in [6.07, 6.45) is 0.321. The van der Waals surface area contributed by atoms with Crippen LogP contribution in [0.2, 0.25) is 0 Å². The van der Waals surface area contributed by atoms with Gasteiger partial charge >= 0.3 is 0 Å². The average Bonchev–Trinajstić information content (AvgIpc) is 3.24. The minimum Gasteiger partial charge on any atom is -0.440 e. The number of nitrogens with zero attached hydrogens (tertiary/aromatic N) is 2. The lowest BCUT2D eigenvalue weighted by Crippen LogP contribution is -2.28. The predicted octanol–water partition coefficient (Wildman–Crippen LogP) is 3.59. The largest absolute Gasteiger partial charge is 0.440 e. The van der Waals surface area contributed by atoms with Gasteiger partial charge in [0.25, 0.3) is 0 Å². The molecule has 5 nitrogen and oxygen atoms in total. The number of carbonyl (C=O) groups excluding carboxylic acids is 1. The second-order valence-electron chi connectivity index (χ2n) is 5.91. The van der Waals surface area contributed by atoms with Gasteiger partial charge in [-0.3, -0.25) is 9.69 Å². The molecule has 6 heteroatoms. The highest BCUT2D eigenvalue weighted by molar-refractivity contribution is 7.13. The topological polar surface area (TPSA) is 72.4 Å². The van der Waals surface area contributed by atoms with Crippen molar-refractivity contribution in [3.8, 4) is 10.8 Å². The summed E-state index contributed by atoms with van der Waals surface area (Å²) < 4.78 is 5.82. The van der Waals surface area contributed by atoms with E-state index in [0.29, 0.717) is 25.4 Å². The van der Waals surface area contributed by atoms with Crippen LogP contribution in [0, 0.1) is 6.92 Å². The van der Waals surface area contributed by atoms with E-state index in [1.807, 2.05) is 42.6 Å². The molecule has 3 aromatic rings. The third kappa shape index (κ3) is 4.78. The Morgan fingerprint density at radius 1 is 1.20 bits per heavy atom. The summed E-state index contributed by atoms with van der Waals surface area (Å²) in [4.78, 5) is 19.0. The summed E-state index contributed by atoms with van der Waals surface area (Å²) in [6, 6.07) is 14.1. The Balaban J connectivity index is 1.76. The number of hydrogen-bond donors (Lipinski definition) is 1. The summed E-state index contributed by atoms with van der Waals surface area (Å²) in [5, 5.41) is 2.00. The lowest BCUT2D eigenvalue weighted by molar-refractivity contribution is -0.118. The molecule has 0 fully saturated rings. The van der Waals surface area contributed by atoms with E-state index in [1.165, 1.54) is 5.56 Å². The lowest BCUT2D eigenvalue weighted by atomic mass is 10.2. The van der Waals surface area contributed by atoms with Crippen molar-refractivity contribution < 1.29 is 9.21 Å². The quantitative estimate of drug-likeness (QED) is 0.670. The maximum atomic E-state index is 11.2. The number of hydrogen-bond acceptors (Lipinski definition) is 5. The molecule has 2 N–H and O–H groups in total. The highest BCUT2D eigenvalue weighted by Gasteiger charge is 2.16. The van der Waals surface area contributed by atoms with Crippen LogP contribution in [0.5, 0.6) is 0 Å². The van der Waals surface area contributed by atoms with E-state index < -0.39 is 0 Å². The van der Waals surface area contributed by atoms with Gasteiger partial charge in [0.1, 0.15) is 5.76 Å². The minimum absolute atomic E-state index is 0.297. The van der Waals surface area contributed by atoms with Crippen LogP contribution in [-0.2, 0) is 17.9 Å². The van der Waals surface area contributed by atoms with Crippen molar-refractivity contribution in [3.05, 3.63) is 64.9 Å². The summed E-state index contributed by atoms with van der Waals surface area (Å²) in [5.74, 6) is 1.16. The van der Waals surface area contributed by atoms with Gasteiger partial charge < -0.3 is 10.2 Å². The Morgan fingerprint density at radius 2 is 2.00 bits per heavy atom. The molecule has 0 saturated carbocycles. The van der Waals surface area contributed by atoms with Crippen LogP contribution in [0.25, 0.3) is 10.8 Å². The first-order valence-electron chi connectivity index (χ1n) is 8.16. The molecule has 0 bridgehead atoms. The summed E-state index contributed by atoms with van der Waals surface area (Å²) in [6.45, 7) is 3.86. The third-order valence-electron chi connectivity index (χ3n) is 3.92. The molecule has 0 aliphatic rings. The normalized spacial score (nSPS) is 11.1. The molecule has 3 rings (SSSR count). The average molecular weight is 355 g/mol. The zero-order valence-corrected chi connectivity index (χ0v) is 15.0. The monoisotopic (exact) mass is 355 g/mol. The molecule has 1 aromatic carbocycles. The Kier molecular flexibility index (Phi) is 5.63. The van der Waals surface area contributed by atoms with Crippen LogP contribution in [0.15, 0.2) is 52.3 Å². The van der Waals surface area contributed by atoms with E-state index in [2.05, 4.69) is 22.0 Å². The fraction of sp³-hybridized carbons (Fsp3) is 0.263. The first-order chi connectivity index (χ1) is 12.1. The van der Waals surface area contributed by atoms with Gasteiger partial charge in [-0.1, -0.05) is 36.4 Å². The second kappa shape index (κ2) is 8.09. The van der Waals surface area contributed by atoms with Gasteiger partial charge in [-0.2, -0.15) is 0 Å². The summed E-state index contributed by atoms with van der Waals surface area (Å²) in [7, 11) is 0. The van der Waals surface area contributed by atoms with Crippen molar-refractivity contribution in [1.29, 1.82) is 0 Å². The van der Waals surface area contributed by atoms with E-state index in [0.717, 1.165) is 22.9 Å². The number of thiophene rings is 1. The van der Waals surface area contributed by atoms with Gasteiger partial charge in [0.2, 0.25) is 11.8 Å². The first kappa shape index (κ1) is 17.4. The van der Waals surface area contributed by atoms with Gasteiger partial charge in [0, 0.05) is 26.1 Å². The van der Waals surface area contributed by atoms with E-state index in [-0.39, 0.29) is 5.91 Å². The molecule has 0 aliphatic heterocycles. The molecule has 0 unspecified atom stereocenters. The van der Waals surface area contributed by atoms with Crippen molar-refractivity contribution in [2.24, 2.45) is 5.73 Å². The van der Waals surface area contributed by atoms with Gasteiger partial charge in [-0.25, -0.2) is 4.98 Å². The summed E-state index contributed by atoms with van der Waals surface area (Å²) in [5.41, 5.74) is 7.41. The smallest absolute Gasteiger partial charge is 0.236 e. The molecule has 0 saturated heterocycles. The zero-order valence-electron chi connectivity index (χ0n) is 14.1. The van der Waals surface area contributed by atoms with E-state index in [1.54, 1.807) is 11.3 Å². The number of primary amides is 1. The number of oxazole rings is 1. The number of carbonyl (C=O) groups is 1. The number of amides is 1. The van der Waals surface area contributed by atoms with Crippen molar-refractivity contribution in [2.45, 2.75) is 26.4 Å². The fourth-order valence-corrected chi connectivity index (χ4v) is 3.27. The molecule has 2 heterocycles. The number of aryl methyl sites for hydroxylation is 1. The van der Waals surface area contributed by atoms with Crippen LogP contribution >= 0.6 is 11.3 Å². The van der Waals surface area contributed by atoms with Gasteiger partial charge in [0.15, 0.2) is 0 Å². The lowest BCUT2D eigenvalue weighted by Gasteiger charge is -2.21. The van der Waals surface area contributed by atoms with Crippen molar-refractivity contribution in [3.63, 3.8) is 0 Å². The van der Waals surface area contributed by atoms with Crippen molar-refractivity contribution in [2.75, 3.05) is 6.54 Å². The van der Waals surface area contributed by atoms with Gasteiger partial charge in [-0.15, -0.1) is 11.3 Å². The number of nitrogens with two attached hydrogens (primary N) is 1. The predicted molar refractivity (Wildman–Crippen MR) is 98.9 cm³/mol. The molecule has 0 aliphatic carbocycles.